The van der Waals surface area contributed by atoms with E-state index in [1.54, 1.807) is 13.3 Å². The van der Waals surface area contributed by atoms with Crippen molar-refractivity contribution in [2.45, 2.75) is 13.1 Å². The van der Waals surface area contributed by atoms with Crippen LogP contribution in [0.2, 0.25) is 0 Å². The van der Waals surface area contributed by atoms with Crippen LogP contribution in [0.3, 0.4) is 0 Å². The van der Waals surface area contributed by atoms with Gasteiger partial charge in [0.25, 0.3) is 0 Å². The van der Waals surface area contributed by atoms with Gasteiger partial charge in [0.15, 0.2) is 0 Å². The molecule has 0 aliphatic rings. The molecule has 0 atom stereocenters. The normalized spacial score (nSPS) is 11.6. The van der Waals surface area contributed by atoms with Gasteiger partial charge in [-0.15, -0.1) is 0 Å². The maximum atomic E-state index is 12.9. The minimum Gasteiger partial charge on any atom is -0.357 e. The quantitative estimate of drug-likeness (QED) is 0.182. The second-order valence-corrected chi connectivity index (χ2v) is 8.64. The lowest BCUT2D eigenvalue weighted by Crippen LogP contribution is -2.08. The minimum absolute atomic E-state index is 0.0661. The van der Waals surface area contributed by atoms with Crippen LogP contribution in [0.25, 0.3) is 0 Å². The van der Waals surface area contributed by atoms with E-state index in [9.17, 15) is 13.2 Å². The number of anilines is 4. The van der Waals surface area contributed by atoms with Gasteiger partial charge in [-0.3, -0.25) is 0 Å². The van der Waals surface area contributed by atoms with Crippen LogP contribution >= 0.6 is 45.2 Å². The van der Waals surface area contributed by atoms with E-state index in [4.69, 9.17) is 0 Å². The monoisotopic (exact) mass is 653 g/mol. The minimum atomic E-state index is -4.44. The van der Waals surface area contributed by atoms with Gasteiger partial charge in [0.1, 0.15) is 0 Å². The van der Waals surface area contributed by atoms with Gasteiger partial charge < -0.3 is 10.6 Å². The first-order valence-corrected chi connectivity index (χ1v) is 10.9. The molecule has 0 unspecified atom stereocenters. The Labute approximate surface area is 203 Å². The summed E-state index contributed by atoms with van der Waals surface area (Å²) in [6, 6.07) is 8.83. The first-order chi connectivity index (χ1) is 14.7. The summed E-state index contributed by atoms with van der Waals surface area (Å²) < 4.78 is 41.0. The summed E-state index contributed by atoms with van der Waals surface area (Å²) >= 11 is 4.50. The van der Waals surface area contributed by atoms with Gasteiger partial charge in [-0.25, -0.2) is 5.43 Å². The van der Waals surface area contributed by atoms with Crippen molar-refractivity contribution in [3.63, 3.8) is 0 Å². The predicted molar refractivity (Wildman–Crippen MR) is 132 cm³/mol. The number of hydrogen-bond donors (Lipinski definition) is 3. The summed E-state index contributed by atoms with van der Waals surface area (Å²) in [4.78, 5) is 12.5. The fraction of sp³-hybridized carbons (Fsp3) is 0.158. The van der Waals surface area contributed by atoms with Crippen LogP contribution in [-0.2, 0) is 6.18 Å². The second kappa shape index (κ2) is 9.93. The summed E-state index contributed by atoms with van der Waals surface area (Å²) in [5.74, 6) is 0.418. The van der Waals surface area contributed by atoms with Gasteiger partial charge in [0.2, 0.25) is 17.8 Å². The summed E-state index contributed by atoms with van der Waals surface area (Å²) in [5, 5.41) is 9.74. The molecule has 1 aromatic heterocycles. The molecule has 162 valence electrons. The molecule has 0 radical (unpaired) electrons. The number of hydrazone groups is 1. The highest BCUT2D eigenvalue weighted by Gasteiger charge is 2.30. The average Bonchev–Trinajstić information content (AvgIpc) is 2.71. The van der Waals surface area contributed by atoms with Crippen LogP contribution in [-0.4, -0.2) is 28.2 Å². The zero-order chi connectivity index (χ0) is 22.6. The smallest absolute Gasteiger partial charge is 0.357 e. The lowest BCUT2D eigenvalue weighted by Gasteiger charge is -2.11. The lowest BCUT2D eigenvalue weighted by molar-refractivity contribution is -0.137. The van der Waals surface area contributed by atoms with E-state index in [1.807, 2.05) is 13.0 Å². The molecule has 3 aromatic rings. The predicted octanol–water partition coefficient (Wildman–Crippen LogP) is 5.64. The van der Waals surface area contributed by atoms with Crippen molar-refractivity contribution < 1.29 is 13.2 Å². The van der Waals surface area contributed by atoms with Crippen molar-refractivity contribution in [1.29, 1.82) is 0 Å². The van der Waals surface area contributed by atoms with Gasteiger partial charge in [-0.2, -0.15) is 33.2 Å². The zero-order valence-electron chi connectivity index (χ0n) is 16.2. The second-order valence-electron chi connectivity index (χ2n) is 6.23. The van der Waals surface area contributed by atoms with E-state index in [0.29, 0.717) is 0 Å². The number of benzene rings is 2. The van der Waals surface area contributed by atoms with Crippen molar-refractivity contribution in [3.8, 4) is 0 Å². The lowest BCUT2D eigenvalue weighted by atomic mass is 10.1. The molecule has 0 saturated carbocycles. The number of nitrogens with one attached hydrogen (secondary N) is 3. The highest BCUT2D eigenvalue weighted by atomic mass is 127. The van der Waals surface area contributed by atoms with Gasteiger partial charge in [-0.05, 0) is 93.6 Å². The van der Waals surface area contributed by atoms with E-state index in [2.05, 4.69) is 87.4 Å². The van der Waals surface area contributed by atoms with Crippen LogP contribution in [0, 0.1) is 14.1 Å². The van der Waals surface area contributed by atoms with Crippen LogP contribution in [0.5, 0.6) is 0 Å². The van der Waals surface area contributed by atoms with E-state index < -0.39 is 11.7 Å². The van der Waals surface area contributed by atoms with E-state index in [-0.39, 0.29) is 23.5 Å². The van der Waals surface area contributed by atoms with E-state index in [1.165, 1.54) is 12.1 Å². The molecule has 0 bridgehead atoms. The Hall–Kier alpha value is -2.23. The highest BCUT2D eigenvalue weighted by Crippen LogP contribution is 2.31. The van der Waals surface area contributed by atoms with Crippen LogP contribution in [0.15, 0.2) is 41.5 Å². The Morgan fingerprint density at radius 1 is 1.00 bits per heavy atom. The molecule has 0 spiro atoms. The first kappa shape index (κ1) is 23.4. The molecule has 0 amide bonds. The number of rotatable bonds is 6. The Bertz CT molecular complexity index is 1120. The molecule has 2 aromatic carbocycles. The summed E-state index contributed by atoms with van der Waals surface area (Å²) in [6.45, 7) is 2.00. The van der Waals surface area contributed by atoms with Gasteiger partial charge in [0, 0.05) is 19.9 Å². The highest BCUT2D eigenvalue weighted by molar-refractivity contribution is 14.1. The molecular weight excluding hydrogens is 637 g/mol. The Balaban J connectivity index is 1.81. The molecule has 0 fully saturated rings. The number of hydrogen-bond acceptors (Lipinski definition) is 7. The van der Waals surface area contributed by atoms with Gasteiger partial charge >= 0.3 is 6.18 Å². The van der Waals surface area contributed by atoms with Crippen LogP contribution in [0.1, 0.15) is 16.7 Å². The zero-order valence-corrected chi connectivity index (χ0v) is 20.5. The fourth-order valence-electron chi connectivity index (χ4n) is 2.46. The van der Waals surface area contributed by atoms with Crippen molar-refractivity contribution in [2.24, 2.45) is 5.10 Å². The number of alkyl halides is 3. The Morgan fingerprint density at radius 3 is 2.42 bits per heavy atom. The Morgan fingerprint density at radius 2 is 1.71 bits per heavy atom. The number of nitrogens with zero attached hydrogens (tertiary/aromatic N) is 4. The van der Waals surface area contributed by atoms with Crippen molar-refractivity contribution in [3.05, 3.63) is 60.2 Å². The van der Waals surface area contributed by atoms with Gasteiger partial charge in [0.05, 0.1) is 11.8 Å². The molecule has 12 heteroatoms. The number of aromatic nitrogens is 3. The van der Waals surface area contributed by atoms with E-state index >= 15 is 0 Å². The molecule has 0 aliphatic heterocycles. The van der Waals surface area contributed by atoms with E-state index in [0.717, 1.165) is 30.4 Å². The van der Waals surface area contributed by atoms with Crippen molar-refractivity contribution in [1.82, 2.24) is 15.0 Å². The maximum absolute atomic E-state index is 12.9. The van der Waals surface area contributed by atoms with Crippen molar-refractivity contribution >= 4 is 74.9 Å². The molecule has 0 saturated heterocycles. The molecule has 7 nitrogen and oxygen atoms in total. The fourth-order valence-corrected chi connectivity index (χ4v) is 4.35. The molecule has 1 heterocycles. The summed E-state index contributed by atoms with van der Waals surface area (Å²) in [5.41, 5.74) is 4.19. The van der Waals surface area contributed by atoms with Crippen LogP contribution < -0.4 is 16.1 Å². The largest absolute Gasteiger partial charge is 0.416 e. The molecular formula is C19H16F3I2N7. The molecule has 3 N–H and O–H groups in total. The van der Waals surface area contributed by atoms with Gasteiger partial charge in [-0.1, -0.05) is 6.07 Å². The SMILES string of the molecule is CNc1nc(NN=Cc2cc(I)cc(I)c2C)nc(Nc2cccc(C(F)(F)F)c2)n1. The summed E-state index contributed by atoms with van der Waals surface area (Å²) in [6.07, 6.45) is -2.79. The summed E-state index contributed by atoms with van der Waals surface area (Å²) in [7, 11) is 1.62. The molecule has 3 rings (SSSR count). The molecule has 0 aliphatic carbocycles. The number of halogens is 5. The molecule has 31 heavy (non-hydrogen) atoms. The van der Waals surface area contributed by atoms with Crippen molar-refractivity contribution in [2.75, 3.05) is 23.1 Å². The average molecular weight is 653 g/mol. The first-order valence-electron chi connectivity index (χ1n) is 8.78. The third-order valence-corrected chi connectivity index (χ3v) is 5.77. The topological polar surface area (TPSA) is 87.1 Å². The third-order valence-electron chi connectivity index (χ3n) is 4.02. The standard InChI is InChI=1S/C19H16F3I2N7/c1-10-11(6-13(23)8-15(10)24)9-26-31-18-29-16(25-2)28-17(30-18)27-14-5-3-4-12(7-14)19(20,21)22/h3-9H,1-2H3,(H3,25,27,28,29,30,31). The Kier molecular flexibility index (Phi) is 7.51. The third kappa shape index (κ3) is 6.38. The maximum Gasteiger partial charge on any atom is 0.416 e. The van der Waals surface area contributed by atoms with Crippen LogP contribution in [0.4, 0.5) is 36.7 Å².